The van der Waals surface area contributed by atoms with Crippen LogP contribution in [0.5, 0.6) is 5.75 Å². The highest BCUT2D eigenvalue weighted by Gasteiger charge is 2.22. The lowest BCUT2D eigenvalue weighted by atomic mass is 10.2. The van der Waals surface area contributed by atoms with Gasteiger partial charge in [-0.25, -0.2) is 9.13 Å². The number of nitrogens with two attached hydrogens (primary N) is 1. The van der Waals surface area contributed by atoms with Crippen molar-refractivity contribution in [1.29, 1.82) is 0 Å². The van der Waals surface area contributed by atoms with Gasteiger partial charge in [0.05, 0.1) is 30.3 Å². The van der Waals surface area contributed by atoms with Crippen molar-refractivity contribution in [3.8, 4) is 5.75 Å². The molecule has 0 aliphatic rings. The number of nitro benzene ring substituents is 1. The number of non-ortho nitro benzene ring substituents is 1. The van der Waals surface area contributed by atoms with Gasteiger partial charge in [0, 0.05) is 6.07 Å². The summed E-state index contributed by atoms with van der Waals surface area (Å²) in [5.74, 6) is 0.369. The van der Waals surface area contributed by atoms with Crippen molar-refractivity contribution in [3.05, 3.63) is 52.6 Å². The number of fused-ring (bicyclic) bond motifs is 1. The number of hydrogen-bond donors (Lipinski definition) is 2. The maximum atomic E-state index is 12.6. The van der Waals surface area contributed by atoms with E-state index in [9.17, 15) is 14.9 Å². The Morgan fingerprint density at radius 1 is 1.33 bits per heavy atom. The van der Waals surface area contributed by atoms with Crippen LogP contribution in [0.3, 0.4) is 0 Å². The van der Waals surface area contributed by atoms with Gasteiger partial charge in [-0.05, 0) is 25.1 Å². The van der Waals surface area contributed by atoms with Crippen LogP contribution in [0.4, 0.5) is 17.3 Å². The minimum Gasteiger partial charge on any atom is -0.494 e. The molecule has 0 aliphatic carbocycles. The number of methoxy groups -OCH3 is 1. The first kappa shape index (κ1) is 18.2. The number of imidazole rings is 1. The summed E-state index contributed by atoms with van der Waals surface area (Å²) in [6.07, 6.45) is 0. The predicted octanol–water partition coefficient (Wildman–Crippen LogP) is 2.09. The molecule has 0 radical (unpaired) electrons. The zero-order valence-electron chi connectivity index (χ0n) is 15.0. The van der Waals surface area contributed by atoms with E-state index in [1.165, 1.54) is 25.3 Å². The van der Waals surface area contributed by atoms with E-state index in [1.54, 1.807) is 4.57 Å². The topological polar surface area (TPSA) is 116 Å². The Bertz CT molecular complexity index is 1030. The molecule has 3 rings (SSSR count). The lowest BCUT2D eigenvalue weighted by Crippen LogP contribution is -2.42. The Hall–Kier alpha value is -3.62. The van der Waals surface area contributed by atoms with E-state index in [0.29, 0.717) is 18.2 Å². The van der Waals surface area contributed by atoms with Gasteiger partial charge in [0.2, 0.25) is 0 Å². The average molecular weight is 370 g/mol. The van der Waals surface area contributed by atoms with E-state index in [4.69, 9.17) is 10.5 Å². The van der Waals surface area contributed by atoms with E-state index in [0.717, 1.165) is 11.0 Å². The Morgan fingerprint density at radius 2 is 2.07 bits per heavy atom. The smallest absolute Gasteiger partial charge is 0.356 e. The van der Waals surface area contributed by atoms with Crippen LogP contribution in [0.1, 0.15) is 6.92 Å². The highest BCUT2D eigenvalue weighted by Crippen LogP contribution is 2.29. The Labute approximate surface area is 155 Å². The number of nitrogens with zero attached hydrogens (tertiary/aromatic N) is 3. The Morgan fingerprint density at radius 3 is 2.74 bits per heavy atom. The standard InChI is InChI=1S/C18H19N5O4/c1-3-21-14-6-4-5-7-15(14)22(18(21)19)11-17(24)20-13-9-8-12(23(25)26)10-16(13)27-2/h4-10,19H,3,11H2,1-2H3,(H,20,24)/p+1. The fourth-order valence-electron chi connectivity index (χ4n) is 3.04. The van der Waals surface area contributed by atoms with Gasteiger partial charge in [-0.2, -0.15) is 0 Å². The van der Waals surface area contributed by atoms with Gasteiger partial charge in [-0.15, -0.1) is 0 Å². The van der Waals surface area contributed by atoms with E-state index < -0.39 is 4.92 Å². The van der Waals surface area contributed by atoms with Crippen LogP contribution in [0, 0.1) is 10.1 Å². The zero-order chi connectivity index (χ0) is 19.6. The van der Waals surface area contributed by atoms with Crippen LogP contribution in [-0.2, 0) is 17.9 Å². The second-order valence-electron chi connectivity index (χ2n) is 5.87. The summed E-state index contributed by atoms with van der Waals surface area (Å²) in [7, 11) is 1.39. The van der Waals surface area contributed by atoms with E-state index in [-0.39, 0.29) is 23.9 Å². The quantitative estimate of drug-likeness (QED) is 0.391. The van der Waals surface area contributed by atoms with Crippen molar-refractivity contribution in [2.24, 2.45) is 0 Å². The number of benzene rings is 2. The maximum absolute atomic E-state index is 12.6. The molecule has 3 aromatic rings. The number of carbonyl (C=O) groups is 1. The third-order valence-electron chi connectivity index (χ3n) is 4.30. The van der Waals surface area contributed by atoms with Crippen molar-refractivity contribution < 1.29 is 19.0 Å². The zero-order valence-corrected chi connectivity index (χ0v) is 15.0. The first-order valence-electron chi connectivity index (χ1n) is 8.35. The normalized spacial score (nSPS) is 10.7. The number of nitrogens with one attached hydrogen (secondary N) is 1. The molecule has 0 saturated heterocycles. The van der Waals surface area contributed by atoms with E-state index in [1.807, 2.05) is 35.8 Å². The minimum atomic E-state index is -0.524. The molecule has 0 atom stereocenters. The van der Waals surface area contributed by atoms with Gasteiger partial charge in [0.25, 0.3) is 11.6 Å². The van der Waals surface area contributed by atoms with Gasteiger partial charge >= 0.3 is 5.95 Å². The monoisotopic (exact) mass is 370 g/mol. The fourth-order valence-corrected chi connectivity index (χ4v) is 3.04. The van der Waals surface area contributed by atoms with Gasteiger partial charge in [-0.3, -0.25) is 20.6 Å². The molecule has 0 spiro atoms. The summed E-state index contributed by atoms with van der Waals surface area (Å²) in [6, 6.07) is 11.7. The number of carbonyl (C=O) groups excluding carboxylic acids is 1. The molecule has 0 aliphatic heterocycles. The largest absolute Gasteiger partial charge is 0.494 e. The van der Waals surface area contributed by atoms with Crippen LogP contribution in [0.15, 0.2) is 42.5 Å². The van der Waals surface area contributed by atoms with Crippen LogP contribution in [0.2, 0.25) is 0 Å². The second-order valence-corrected chi connectivity index (χ2v) is 5.87. The number of amides is 1. The number of aryl methyl sites for hydroxylation is 1. The maximum Gasteiger partial charge on any atom is 0.356 e. The number of para-hydroxylation sites is 2. The molecule has 2 aromatic carbocycles. The molecule has 0 unspecified atom stereocenters. The van der Waals surface area contributed by atoms with Crippen molar-refractivity contribution in [2.45, 2.75) is 20.0 Å². The average Bonchev–Trinajstić information content (AvgIpc) is 2.93. The molecular weight excluding hydrogens is 350 g/mol. The number of nitro groups is 1. The minimum absolute atomic E-state index is 0.000507. The molecule has 140 valence electrons. The molecule has 9 nitrogen and oxygen atoms in total. The van der Waals surface area contributed by atoms with Gasteiger partial charge in [0.15, 0.2) is 6.54 Å². The van der Waals surface area contributed by atoms with Crippen molar-refractivity contribution in [3.63, 3.8) is 0 Å². The van der Waals surface area contributed by atoms with Crippen molar-refractivity contribution in [2.75, 3.05) is 18.2 Å². The summed E-state index contributed by atoms with van der Waals surface area (Å²) in [5, 5.41) is 13.6. The van der Waals surface area contributed by atoms with Gasteiger partial charge in [0.1, 0.15) is 16.8 Å². The van der Waals surface area contributed by atoms with Crippen LogP contribution >= 0.6 is 0 Å². The third-order valence-corrected chi connectivity index (χ3v) is 4.30. The molecular formula is C18H20N5O4+. The third kappa shape index (κ3) is 3.39. The lowest BCUT2D eigenvalue weighted by molar-refractivity contribution is -0.643. The summed E-state index contributed by atoms with van der Waals surface area (Å²) >= 11 is 0. The fraction of sp³-hybridized carbons (Fsp3) is 0.222. The Kier molecular flexibility index (Phi) is 4.93. The molecule has 1 heterocycles. The highest BCUT2D eigenvalue weighted by atomic mass is 16.6. The summed E-state index contributed by atoms with van der Waals surface area (Å²) in [4.78, 5) is 22.9. The van der Waals surface area contributed by atoms with Crippen LogP contribution < -0.4 is 20.4 Å². The molecule has 1 amide bonds. The van der Waals surface area contributed by atoms with Crippen molar-refractivity contribution in [1.82, 2.24) is 4.57 Å². The number of ether oxygens (including phenoxy) is 1. The molecule has 0 saturated carbocycles. The number of rotatable bonds is 6. The molecule has 0 fully saturated rings. The van der Waals surface area contributed by atoms with Gasteiger partial charge < -0.3 is 10.1 Å². The van der Waals surface area contributed by atoms with E-state index in [2.05, 4.69) is 5.32 Å². The van der Waals surface area contributed by atoms with Crippen LogP contribution in [0.25, 0.3) is 11.0 Å². The number of nitrogen functional groups attached to an aromatic ring is 1. The lowest BCUT2D eigenvalue weighted by Gasteiger charge is -2.09. The van der Waals surface area contributed by atoms with Crippen LogP contribution in [-0.4, -0.2) is 22.5 Å². The second kappa shape index (κ2) is 7.32. The summed E-state index contributed by atoms with van der Waals surface area (Å²) < 4.78 is 8.80. The molecule has 3 N–H and O–H groups in total. The SMILES string of the molecule is CCn1c(N)[n+](CC(=O)Nc2ccc([N+](=O)[O-])cc2OC)c2ccccc21. The number of hydrogen-bond acceptors (Lipinski definition) is 5. The van der Waals surface area contributed by atoms with E-state index >= 15 is 0 Å². The molecule has 1 aromatic heterocycles. The Balaban J connectivity index is 1.88. The summed E-state index contributed by atoms with van der Waals surface area (Å²) in [5.41, 5.74) is 8.25. The summed E-state index contributed by atoms with van der Waals surface area (Å²) in [6.45, 7) is 2.66. The molecule has 27 heavy (non-hydrogen) atoms. The predicted molar refractivity (Wildman–Crippen MR) is 100 cm³/mol. The molecule has 0 bridgehead atoms. The first-order valence-corrected chi connectivity index (χ1v) is 8.35. The first-order chi connectivity index (χ1) is 13.0. The van der Waals surface area contributed by atoms with Gasteiger partial charge in [-0.1, -0.05) is 12.1 Å². The van der Waals surface area contributed by atoms with Crippen molar-refractivity contribution >= 4 is 34.3 Å². The molecule has 9 heteroatoms. The number of anilines is 2. The highest BCUT2D eigenvalue weighted by molar-refractivity contribution is 5.92. The number of aromatic nitrogens is 2.